The number of nitrogens with one attached hydrogen (secondary N) is 1. The highest BCUT2D eigenvalue weighted by molar-refractivity contribution is 6.68. The smallest absolute Gasteiger partial charge is 0.320 e. The Kier molecular flexibility index (Phi) is 5.59. The van der Waals surface area contributed by atoms with Crippen molar-refractivity contribution in [1.29, 1.82) is 0 Å². The van der Waals surface area contributed by atoms with E-state index < -0.39 is 28.1 Å². The standard InChI is InChI=1S/C13H13Cl3N2O5/c1-7(19)17-12(13(14,15)16)23-18-8-5-3-4-6-9(8)22-11(21-2)10(18)20/h3-6,11-12H,1-2H3,(H,17,19). The Morgan fingerprint density at radius 2 is 2.04 bits per heavy atom. The summed E-state index contributed by atoms with van der Waals surface area (Å²) >= 11 is 17.4. The van der Waals surface area contributed by atoms with Crippen molar-refractivity contribution in [3.05, 3.63) is 24.3 Å². The topological polar surface area (TPSA) is 77.1 Å². The van der Waals surface area contributed by atoms with Crippen LogP contribution in [0.3, 0.4) is 0 Å². The maximum Gasteiger partial charge on any atom is 0.320 e. The third-order valence-corrected chi connectivity index (χ3v) is 3.37. The van der Waals surface area contributed by atoms with Gasteiger partial charge in [0.05, 0.1) is 0 Å². The number of alkyl halides is 3. The first kappa shape index (κ1) is 18.1. The molecule has 0 aliphatic carbocycles. The van der Waals surface area contributed by atoms with Crippen LogP contribution in [-0.2, 0) is 19.2 Å². The molecule has 1 aromatic carbocycles. The van der Waals surface area contributed by atoms with Gasteiger partial charge in [0.15, 0.2) is 0 Å². The van der Waals surface area contributed by atoms with Crippen molar-refractivity contribution in [3.63, 3.8) is 0 Å². The molecule has 1 aliphatic heterocycles. The second-order valence-corrected chi connectivity index (χ2v) is 6.88. The van der Waals surface area contributed by atoms with Gasteiger partial charge < -0.3 is 14.8 Å². The van der Waals surface area contributed by atoms with Crippen molar-refractivity contribution in [2.75, 3.05) is 12.2 Å². The molecule has 10 heteroatoms. The highest BCUT2D eigenvalue weighted by atomic mass is 35.6. The van der Waals surface area contributed by atoms with E-state index in [9.17, 15) is 9.59 Å². The van der Waals surface area contributed by atoms with Crippen LogP contribution in [0.25, 0.3) is 0 Å². The van der Waals surface area contributed by atoms with Crippen LogP contribution >= 0.6 is 34.8 Å². The molecule has 2 atom stereocenters. The number of para-hydroxylation sites is 2. The molecular weight excluding hydrogens is 371 g/mol. The van der Waals surface area contributed by atoms with Crippen molar-refractivity contribution in [3.8, 4) is 5.75 Å². The van der Waals surface area contributed by atoms with Gasteiger partial charge in [0.25, 0.3) is 6.29 Å². The molecule has 1 aliphatic rings. The van der Waals surface area contributed by atoms with Gasteiger partial charge in [-0.2, -0.15) is 5.06 Å². The van der Waals surface area contributed by atoms with Crippen LogP contribution < -0.4 is 15.1 Å². The molecule has 1 aromatic rings. The van der Waals surface area contributed by atoms with Gasteiger partial charge in [0.2, 0.25) is 15.9 Å². The van der Waals surface area contributed by atoms with E-state index in [2.05, 4.69) is 5.32 Å². The van der Waals surface area contributed by atoms with Crippen LogP contribution in [0, 0.1) is 0 Å². The molecule has 0 aromatic heterocycles. The summed E-state index contributed by atoms with van der Waals surface area (Å²) in [7, 11) is 1.30. The Morgan fingerprint density at radius 3 is 2.61 bits per heavy atom. The largest absolute Gasteiger partial charge is 0.453 e. The molecule has 0 saturated carbocycles. The zero-order valence-electron chi connectivity index (χ0n) is 12.1. The van der Waals surface area contributed by atoms with E-state index in [0.29, 0.717) is 5.75 Å². The molecule has 1 N–H and O–H groups in total. The molecule has 2 amide bonds. The fraction of sp³-hybridized carbons (Fsp3) is 0.385. The third-order valence-electron chi connectivity index (χ3n) is 2.78. The summed E-state index contributed by atoms with van der Waals surface area (Å²) in [5.74, 6) is -0.834. The van der Waals surface area contributed by atoms with Crippen LogP contribution in [-0.4, -0.2) is 35.2 Å². The molecule has 0 fully saturated rings. The van der Waals surface area contributed by atoms with E-state index in [-0.39, 0.29) is 5.69 Å². The third kappa shape index (κ3) is 4.19. The van der Waals surface area contributed by atoms with Crippen LogP contribution in [0.5, 0.6) is 5.75 Å². The molecule has 7 nitrogen and oxygen atoms in total. The summed E-state index contributed by atoms with van der Waals surface area (Å²) in [6.07, 6.45) is -2.63. The maximum absolute atomic E-state index is 12.4. The lowest BCUT2D eigenvalue weighted by Gasteiger charge is -2.36. The van der Waals surface area contributed by atoms with E-state index in [1.54, 1.807) is 24.3 Å². The normalized spacial score (nSPS) is 18.9. The summed E-state index contributed by atoms with van der Waals surface area (Å²) < 4.78 is 8.34. The number of carbonyl (C=O) groups is 2. The van der Waals surface area contributed by atoms with Gasteiger partial charge in [-0.3, -0.25) is 9.59 Å². The highest BCUT2D eigenvalue weighted by Gasteiger charge is 2.42. The van der Waals surface area contributed by atoms with Crippen LogP contribution in [0.15, 0.2) is 24.3 Å². The highest BCUT2D eigenvalue weighted by Crippen LogP contribution is 2.37. The summed E-state index contributed by atoms with van der Waals surface area (Å²) in [4.78, 5) is 29.1. The second kappa shape index (κ2) is 7.11. The number of hydrogen-bond acceptors (Lipinski definition) is 5. The van der Waals surface area contributed by atoms with Gasteiger partial charge in [-0.15, -0.1) is 0 Å². The fourth-order valence-electron chi connectivity index (χ4n) is 1.82. The molecule has 23 heavy (non-hydrogen) atoms. The average Bonchev–Trinajstić information content (AvgIpc) is 2.47. The number of anilines is 1. The Balaban J connectivity index is 2.35. The van der Waals surface area contributed by atoms with Gasteiger partial charge in [0, 0.05) is 14.0 Å². The monoisotopic (exact) mass is 382 g/mol. The van der Waals surface area contributed by atoms with Gasteiger partial charge in [-0.25, -0.2) is 4.84 Å². The Bertz CT molecular complexity index is 608. The van der Waals surface area contributed by atoms with E-state index in [1.807, 2.05) is 0 Å². The van der Waals surface area contributed by atoms with E-state index in [1.165, 1.54) is 14.0 Å². The Labute approximate surface area is 147 Å². The SMILES string of the molecule is COC1Oc2ccccc2N(OC(NC(C)=O)C(Cl)(Cl)Cl)C1=O. The predicted molar refractivity (Wildman–Crippen MR) is 84.3 cm³/mol. The van der Waals surface area contributed by atoms with E-state index in [0.717, 1.165) is 5.06 Å². The lowest BCUT2D eigenvalue weighted by molar-refractivity contribution is -0.160. The summed E-state index contributed by atoms with van der Waals surface area (Å²) in [5.41, 5.74) is 0.287. The molecule has 0 radical (unpaired) electrons. The average molecular weight is 384 g/mol. The zero-order chi connectivity index (χ0) is 17.2. The Hall–Kier alpha value is -1.25. The molecular formula is C13H13Cl3N2O5. The maximum atomic E-state index is 12.4. The number of halogens is 3. The van der Waals surface area contributed by atoms with Crippen LogP contribution in [0.1, 0.15) is 6.92 Å². The van der Waals surface area contributed by atoms with Crippen LogP contribution in [0.4, 0.5) is 5.69 Å². The minimum absolute atomic E-state index is 0.287. The van der Waals surface area contributed by atoms with Gasteiger partial charge >= 0.3 is 5.91 Å². The first-order chi connectivity index (χ1) is 10.7. The number of benzene rings is 1. The number of ether oxygens (including phenoxy) is 2. The molecule has 1 heterocycles. The quantitative estimate of drug-likeness (QED) is 0.637. The van der Waals surface area contributed by atoms with Gasteiger partial charge in [-0.05, 0) is 12.1 Å². The molecule has 2 unspecified atom stereocenters. The lowest BCUT2D eigenvalue weighted by atomic mass is 10.2. The van der Waals surface area contributed by atoms with Gasteiger partial charge in [-0.1, -0.05) is 46.9 Å². The minimum atomic E-state index is -2.01. The zero-order valence-corrected chi connectivity index (χ0v) is 14.4. The molecule has 126 valence electrons. The predicted octanol–water partition coefficient (Wildman–Crippen LogP) is 2.15. The minimum Gasteiger partial charge on any atom is -0.453 e. The van der Waals surface area contributed by atoms with Crippen LogP contribution in [0.2, 0.25) is 0 Å². The van der Waals surface area contributed by atoms with Crippen molar-refractivity contribution < 1.29 is 23.9 Å². The van der Waals surface area contributed by atoms with E-state index in [4.69, 9.17) is 49.1 Å². The van der Waals surface area contributed by atoms with E-state index >= 15 is 0 Å². The van der Waals surface area contributed by atoms with Crippen molar-refractivity contribution >= 4 is 52.3 Å². The molecule has 0 saturated heterocycles. The Morgan fingerprint density at radius 1 is 1.39 bits per heavy atom. The first-order valence-corrected chi connectivity index (χ1v) is 7.50. The number of rotatable bonds is 4. The second-order valence-electron chi connectivity index (χ2n) is 4.51. The lowest BCUT2D eigenvalue weighted by Crippen LogP contribution is -2.54. The summed E-state index contributed by atoms with van der Waals surface area (Å²) in [6, 6.07) is 6.57. The number of fused-ring (bicyclic) bond motifs is 1. The molecule has 0 bridgehead atoms. The number of nitrogens with zero attached hydrogens (tertiary/aromatic N) is 1. The molecule has 2 rings (SSSR count). The number of hydrogen-bond donors (Lipinski definition) is 1. The summed E-state index contributed by atoms with van der Waals surface area (Å²) in [6.45, 7) is 1.22. The first-order valence-electron chi connectivity index (χ1n) is 6.37. The number of carbonyl (C=O) groups excluding carboxylic acids is 2. The molecule has 0 spiro atoms. The van der Waals surface area contributed by atoms with Gasteiger partial charge in [0.1, 0.15) is 11.4 Å². The van der Waals surface area contributed by atoms with Crippen molar-refractivity contribution in [2.45, 2.75) is 23.2 Å². The number of hydroxylamine groups is 1. The summed E-state index contributed by atoms with van der Waals surface area (Å²) in [5, 5.41) is 3.19. The number of methoxy groups -OCH3 is 1. The van der Waals surface area contributed by atoms with Crippen molar-refractivity contribution in [2.24, 2.45) is 0 Å². The fourth-order valence-corrected chi connectivity index (χ4v) is 2.10. The number of amides is 2. The van der Waals surface area contributed by atoms with Crippen molar-refractivity contribution in [1.82, 2.24) is 5.32 Å².